The number of carbonyl (C=O) groups excluding carboxylic acids is 1. The van der Waals surface area contributed by atoms with Gasteiger partial charge in [-0.3, -0.25) is 14.4 Å². The SMILES string of the molecule is CCONC(=O)c1ccc(C)c(S(=O)(=O)Nc2cccc(C)c2)c1. The van der Waals surface area contributed by atoms with Crippen molar-refractivity contribution in [3.05, 3.63) is 59.2 Å². The minimum Gasteiger partial charge on any atom is -0.280 e. The molecule has 128 valence electrons. The van der Waals surface area contributed by atoms with Gasteiger partial charge in [-0.05, 0) is 56.2 Å². The summed E-state index contributed by atoms with van der Waals surface area (Å²) >= 11 is 0. The second-order valence-corrected chi connectivity index (χ2v) is 6.97. The van der Waals surface area contributed by atoms with Crippen LogP contribution in [0.4, 0.5) is 5.69 Å². The Labute approximate surface area is 141 Å². The molecule has 24 heavy (non-hydrogen) atoms. The van der Waals surface area contributed by atoms with Crippen LogP contribution in [0.5, 0.6) is 0 Å². The van der Waals surface area contributed by atoms with Crippen molar-refractivity contribution in [2.24, 2.45) is 0 Å². The molecule has 0 atom stereocenters. The number of carbonyl (C=O) groups is 1. The quantitative estimate of drug-likeness (QED) is 0.786. The van der Waals surface area contributed by atoms with Gasteiger partial charge in [0.05, 0.1) is 11.5 Å². The van der Waals surface area contributed by atoms with Gasteiger partial charge in [0, 0.05) is 11.3 Å². The number of hydrogen-bond acceptors (Lipinski definition) is 4. The fourth-order valence-corrected chi connectivity index (χ4v) is 3.47. The molecule has 0 unspecified atom stereocenters. The molecule has 0 saturated heterocycles. The van der Waals surface area contributed by atoms with Crippen molar-refractivity contribution >= 4 is 21.6 Å². The van der Waals surface area contributed by atoms with E-state index in [9.17, 15) is 13.2 Å². The van der Waals surface area contributed by atoms with Gasteiger partial charge in [0.25, 0.3) is 15.9 Å². The number of benzene rings is 2. The van der Waals surface area contributed by atoms with Crippen LogP contribution in [0.3, 0.4) is 0 Å². The maximum Gasteiger partial charge on any atom is 0.274 e. The largest absolute Gasteiger partial charge is 0.280 e. The van der Waals surface area contributed by atoms with E-state index in [1.165, 1.54) is 6.07 Å². The molecule has 0 aromatic heterocycles. The topological polar surface area (TPSA) is 84.5 Å². The molecule has 0 aliphatic heterocycles. The lowest BCUT2D eigenvalue weighted by atomic mass is 10.1. The van der Waals surface area contributed by atoms with E-state index < -0.39 is 15.9 Å². The lowest BCUT2D eigenvalue weighted by Gasteiger charge is -2.12. The summed E-state index contributed by atoms with van der Waals surface area (Å²) in [7, 11) is -3.81. The number of amides is 1. The Morgan fingerprint density at radius 1 is 1.12 bits per heavy atom. The predicted octanol–water partition coefficient (Wildman–Crippen LogP) is 2.79. The van der Waals surface area contributed by atoms with Crippen molar-refractivity contribution in [3.63, 3.8) is 0 Å². The molecule has 0 saturated carbocycles. The average Bonchev–Trinajstić information content (AvgIpc) is 2.52. The molecule has 2 aromatic rings. The standard InChI is InChI=1S/C17H20N2O4S/c1-4-23-18-17(20)14-9-8-13(3)16(11-14)24(21,22)19-15-7-5-6-12(2)10-15/h5-11,19H,4H2,1-3H3,(H,18,20). The van der Waals surface area contributed by atoms with Crippen LogP contribution >= 0.6 is 0 Å². The number of sulfonamides is 1. The Bertz CT molecular complexity index is 847. The summed E-state index contributed by atoms with van der Waals surface area (Å²) < 4.78 is 27.8. The zero-order valence-corrected chi connectivity index (χ0v) is 14.6. The normalized spacial score (nSPS) is 11.1. The first kappa shape index (κ1) is 18.0. The van der Waals surface area contributed by atoms with E-state index in [4.69, 9.17) is 4.84 Å². The molecule has 6 nitrogen and oxygen atoms in total. The fourth-order valence-electron chi connectivity index (χ4n) is 2.15. The Morgan fingerprint density at radius 3 is 2.54 bits per heavy atom. The van der Waals surface area contributed by atoms with Crippen LogP contribution in [-0.2, 0) is 14.9 Å². The van der Waals surface area contributed by atoms with Crippen LogP contribution in [0.1, 0.15) is 28.4 Å². The second-order valence-electron chi connectivity index (χ2n) is 5.32. The molecule has 0 radical (unpaired) electrons. The highest BCUT2D eigenvalue weighted by atomic mass is 32.2. The minimum absolute atomic E-state index is 0.0492. The first-order valence-corrected chi connectivity index (χ1v) is 8.94. The van der Waals surface area contributed by atoms with E-state index >= 15 is 0 Å². The monoisotopic (exact) mass is 348 g/mol. The molecule has 0 spiro atoms. The van der Waals surface area contributed by atoms with Crippen molar-refractivity contribution in [2.45, 2.75) is 25.7 Å². The van der Waals surface area contributed by atoms with Gasteiger partial charge in [0.1, 0.15) is 0 Å². The van der Waals surface area contributed by atoms with E-state index in [1.54, 1.807) is 44.2 Å². The van der Waals surface area contributed by atoms with Gasteiger partial charge in [0.15, 0.2) is 0 Å². The van der Waals surface area contributed by atoms with Gasteiger partial charge in [-0.15, -0.1) is 0 Å². The number of hydroxylamine groups is 1. The van der Waals surface area contributed by atoms with Gasteiger partial charge >= 0.3 is 0 Å². The van der Waals surface area contributed by atoms with Gasteiger partial charge < -0.3 is 0 Å². The highest BCUT2D eigenvalue weighted by Gasteiger charge is 2.19. The third-order valence-electron chi connectivity index (χ3n) is 3.32. The molecular weight excluding hydrogens is 328 g/mol. The maximum atomic E-state index is 12.6. The number of nitrogens with one attached hydrogen (secondary N) is 2. The zero-order valence-electron chi connectivity index (χ0n) is 13.8. The summed E-state index contributed by atoms with van der Waals surface area (Å²) in [6.07, 6.45) is 0. The Kier molecular flexibility index (Phi) is 5.58. The van der Waals surface area contributed by atoms with Crippen LogP contribution < -0.4 is 10.2 Å². The summed E-state index contributed by atoms with van der Waals surface area (Å²) in [5.41, 5.74) is 4.41. The maximum absolute atomic E-state index is 12.6. The first-order valence-electron chi connectivity index (χ1n) is 7.46. The molecular formula is C17H20N2O4S. The number of hydrogen-bond donors (Lipinski definition) is 2. The minimum atomic E-state index is -3.81. The highest BCUT2D eigenvalue weighted by molar-refractivity contribution is 7.92. The number of aryl methyl sites for hydroxylation is 2. The number of anilines is 1. The van der Waals surface area contributed by atoms with E-state index in [0.29, 0.717) is 17.9 Å². The smallest absolute Gasteiger partial charge is 0.274 e. The molecule has 2 N–H and O–H groups in total. The molecule has 0 fully saturated rings. The zero-order chi connectivity index (χ0) is 17.7. The highest BCUT2D eigenvalue weighted by Crippen LogP contribution is 2.21. The summed E-state index contributed by atoms with van der Waals surface area (Å²) in [6, 6.07) is 11.5. The van der Waals surface area contributed by atoms with Crippen molar-refractivity contribution < 1.29 is 18.0 Å². The lowest BCUT2D eigenvalue weighted by molar-refractivity contribution is 0.0364. The summed E-state index contributed by atoms with van der Waals surface area (Å²) in [6.45, 7) is 5.60. The molecule has 7 heteroatoms. The third-order valence-corrected chi connectivity index (χ3v) is 4.84. The fraction of sp³-hybridized carbons (Fsp3) is 0.235. The number of rotatable bonds is 6. The molecule has 0 aliphatic carbocycles. The predicted molar refractivity (Wildman–Crippen MR) is 92.3 cm³/mol. The average molecular weight is 348 g/mol. The van der Waals surface area contributed by atoms with Crippen molar-refractivity contribution in [3.8, 4) is 0 Å². The molecule has 0 aliphatic rings. The van der Waals surface area contributed by atoms with Gasteiger partial charge in [-0.2, -0.15) is 0 Å². The molecule has 2 aromatic carbocycles. The molecule has 2 rings (SSSR count). The van der Waals surface area contributed by atoms with Gasteiger partial charge in [-0.1, -0.05) is 18.2 Å². The Balaban J connectivity index is 2.33. The van der Waals surface area contributed by atoms with Crippen LogP contribution in [0.2, 0.25) is 0 Å². The molecule has 1 amide bonds. The Morgan fingerprint density at radius 2 is 1.88 bits per heavy atom. The molecule has 0 bridgehead atoms. The van der Waals surface area contributed by atoms with Crippen LogP contribution in [0.25, 0.3) is 0 Å². The Hall–Kier alpha value is -2.38. The van der Waals surface area contributed by atoms with Gasteiger partial charge in [0.2, 0.25) is 0 Å². The van der Waals surface area contributed by atoms with Crippen molar-refractivity contribution in [2.75, 3.05) is 11.3 Å². The van der Waals surface area contributed by atoms with E-state index in [2.05, 4.69) is 10.2 Å². The van der Waals surface area contributed by atoms with Crippen molar-refractivity contribution in [1.29, 1.82) is 0 Å². The van der Waals surface area contributed by atoms with Crippen molar-refractivity contribution in [1.82, 2.24) is 5.48 Å². The van der Waals surface area contributed by atoms with E-state index in [-0.39, 0.29) is 10.5 Å². The second kappa shape index (κ2) is 7.46. The summed E-state index contributed by atoms with van der Waals surface area (Å²) in [5.74, 6) is -0.496. The third kappa shape index (κ3) is 4.33. The first-order chi connectivity index (χ1) is 11.3. The van der Waals surface area contributed by atoms with Crippen LogP contribution in [-0.4, -0.2) is 20.9 Å². The summed E-state index contributed by atoms with van der Waals surface area (Å²) in [4.78, 5) is 16.8. The van der Waals surface area contributed by atoms with Crippen LogP contribution in [0, 0.1) is 13.8 Å². The van der Waals surface area contributed by atoms with E-state index in [1.807, 2.05) is 13.0 Å². The van der Waals surface area contributed by atoms with Gasteiger partial charge in [-0.25, -0.2) is 13.9 Å². The van der Waals surface area contributed by atoms with Crippen LogP contribution in [0.15, 0.2) is 47.4 Å². The summed E-state index contributed by atoms with van der Waals surface area (Å²) in [5, 5.41) is 0. The lowest BCUT2D eigenvalue weighted by Crippen LogP contribution is -2.24. The molecule has 0 heterocycles. The van der Waals surface area contributed by atoms with E-state index in [0.717, 1.165) is 5.56 Å².